The Morgan fingerprint density at radius 1 is 1.25 bits per heavy atom. The van der Waals surface area contributed by atoms with Gasteiger partial charge in [-0.25, -0.2) is 4.98 Å². The van der Waals surface area contributed by atoms with Gasteiger partial charge in [0.25, 0.3) is 0 Å². The minimum Gasteiger partial charge on any atom is -0.472 e. The second-order valence-corrected chi connectivity index (χ2v) is 8.36. The third kappa shape index (κ3) is 3.97. The van der Waals surface area contributed by atoms with E-state index in [1.54, 1.807) is 11.3 Å². The van der Waals surface area contributed by atoms with Gasteiger partial charge in [-0.05, 0) is 42.1 Å². The molecule has 2 aromatic heterocycles. The highest BCUT2D eigenvalue weighted by Gasteiger charge is 2.26. The molecule has 1 aliphatic rings. The average Bonchev–Trinajstić information content (AvgIpc) is 3.21. The summed E-state index contributed by atoms with van der Waals surface area (Å²) in [4.78, 5) is 8.15. The van der Waals surface area contributed by atoms with Crippen molar-refractivity contribution in [1.82, 2.24) is 9.88 Å². The van der Waals surface area contributed by atoms with E-state index in [1.165, 1.54) is 5.56 Å². The van der Waals surface area contributed by atoms with Crippen LogP contribution in [0.25, 0.3) is 10.6 Å². The molecule has 28 heavy (non-hydrogen) atoms. The number of aromatic nitrogens is 1. The summed E-state index contributed by atoms with van der Waals surface area (Å²) in [5.41, 5.74) is 4.76. The van der Waals surface area contributed by atoms with Gasteiger partial charge in [0.1, 0.15) is 18.2 Å². The van der Waals surface area contributed by atoms with E-state index in [9.17, 15) is 5.26 Å². The monoisotopic (exact) mass is 455 g/mol. The maximum atomic E-state index is 9.84. The largest absolute Gasteiger partial charge is 0.472 e. The van der Waals surface area contributed by atoms with Gasteiger partial charge >= 0.3 is 0 Å². The Balaban J connectivity index is 0.00000225. The lowest BCUT2D eigenvalue weighted by molar-refractivity contribution is 0.285. The van der Waals surface area contributed by atoms with Gasteiger partial charge in [-0.3, -0.25) is 0 Å². The molecule has 144 valence electrons. The summed E-state index contributed by atoms with van der Waals surface area (Å²) in [6.07, 6.45) is 0.894. The van der Waals surface area contributed by atoms with Crippen LogP contribution in [-0.4, -0.2) is 23.5 Å². The number of hydrogen-bond donors (Lipinski definition) is 0. The average molecular weight is 456 g/mol. The molecule has 0 spiro atoms. The molecular formula is C22H22BrN3OS. The van der Waals surface area contributed by atoms with E-state index in [2.05, 4.69) is 45.4 Å². The smallest absolute Gasteiger partial charge is 0.232 e. The summed E-state index contributed by atoms with van der Waals surface area (Å²) in [7, 11) is 2.08. The van der Waals surface area contributed by atoms with Gasteiger partial charge in [0.05, 0.1) is 10.6 Å². The highest BCUT2D eigenvalue weighted by Crippen LogP contribution is 2.37. The van der Waals surface area contributed by atoms with Gasteiger partial charge in [0, 0.05) is 23.1 Å². The Morgan fingerprint density at radius 2 is 2.07 bits per heavy atom. The fraction of sp³-hybridized carbons (Fsp3) is 0.273. The first-order chi connectivity index (χ1) is 13.2. The second kappa shape index (κ2) is 8.87. The molecule has 0 aliphatic carbocycles. The Hall–Kier alpha value is -2.20. The molecule has 0 saturated carbocycles. The molecule has 4 rings (SSSR count). The van der Waals surface area contributed by atoms with Gasteiger partial charge in [-0.1, -0.05) is 47.6 Å². The van der Waals surface area contributed by atoms with Crippen LogP contribution in [0.3, 0.4) is 0 Å². The molecule has 0 amide bonds. The van der Waals surface area contributed by atoms with Gasteiger partial charge in [-0.2, -0.15) is 5.26 Å². The van der Waals surface area contributed by atoms with Crippen LogP contribution in [0.4, 0.5) is 0 Å². The molecule has 3 aromatic rings. The Kier molecular flexibility index (Phi) is 6.50. The molecule has 0 unspecified atom stereocenters. The number of benzene rings is 1. The molecule has 1 aliphatic heterocycles. The second-order valence-electron chi connectivity index (χ2n) is 6.55. The number of fused-ring (bicyclic) bond motifs is 1. The zero-order valence-corrected chi connectivity index (χ0v) is 17.3. The molecule has 0 fully saturated rings. The van der Waals surface area contributed by atoms with Gasteiger partial charge < -0.3 is 9.64 Å². The van der Waals surface area contributed by atoms with E-state index in [4.69, 9.17) is 9.72 Å². The summed E-state index contributed by atoms with van der Waals surface area (Å²) < 4.78 is 7.04. The number of nitriles is 1. The molecule has 0 N–H and O–H groups in total. The lowest BCUT2D eigenvalue weighted by Crippen LogP contribution is -2.28. The highest BCUT2D eigenvalue weighted by atomic mass is 79.9. The maximum absolute atomic E-state index is 9.84. The molecular weight excluding hydrogens is 434 g/mol. The predicted octanol–water partition coefficient (Wildman–Crippen LogP) is 5.65. The maximum Gasteiger partial charge on any atom is 0.232 e. The topological polar surface area (TPSA) is 49.2 Å². The number of pyridine rings is 1. The minimum absolute atomic E-state index is 0. The standard InChI is InChI=1S/C21H18BrN3OS.CH4/c1-25-9-8-15-17(12-25)16(11-23)21(24-20(15)19-7-4-10-27-19)26-13-14-5-2-3-6-18(14)22;/h2-7,10H,8-9,12-13H2,1H3;1H4. The van der Waals surface area contributed by atoms with Crippen LogP contribution in [0.15, 0.2) is 46.3 Å². The van der Waals surface area contributed by atoms with Crippen LogP contribution in [0.5, 0.6) is 5.88 Å². The first-order valence-electron chi connectivity index (χ1n) is 8.72. The SMILES string of the molecule is C.CN1CCc2c(-c3cccs3)nc(OCc3ccccc3Br)c(C#N)c2C1. The van der Waals surface area contributed by atoms with Crippen LogP contribution in [0, 0.1) is 11.3 Å². The summed E-state index contributed by atoms with van der Waals surface area (Å²) in [6.45, 7) is 2.07. The Morgan fingerprint density at radius 3 is 2.79 bits per heavy atom. The van der Waals surface area contributed by atoms with Crippen LogP contribution in [-0.2, 0) is 19.6 Å². The van der Waals surface area contributed by atoms with Crippen molar-refractivity contribution in [2.24, 2.45) is 0 Å². The Labute approximate surface area is 178 Å². The van der Waals surface area contributed by atoms with Gasteiger partial charge in [0.15, 0.2) is 0 Å². The van der Waals surface area contributed by atoms with Crippen molar-refractivity contribution in [3.8, 4) is 22.5 Å². The fourth-order valence-electron chi connectivity index (χ4n) is 3.34. The van der Waals surface area contributed by atoms with Crippen molar-refractivity contribution in [3.63, 3.8) is 0 Å². The molecule has 0 radical (unpaired) electrons. The van der Waals surface area contributed by atoms with Gasteiger partial charge in [-0.15, -0.1) is 11.3 Å². The quantitative estimate of drug-likeness (QED) is 0.509. The number of rotatable bonds is 4. The number of likely N-dealkylation sites (N-methyl/N-ethyl adjacent to an activating group) is 1. The highest BCUT2D eigenvalue weighted by molar-refractivity contribution is 9.10. The zero-order valence-electron chi connectivity index (χ0n) is 14.9. The fourth-order valence-corrected chi connectivity index (χ4v) is 4.48. The molecule has 4 nitrogen and oxygen atoms in total. The molecule has 3 heterocycles. The van der Waals surface area contributed by atoms with Gasteiger partial charge in [0.2, 0.25) is 5.88 Å². The van der Waals surface area contributed by atoms with Crippen molar-refractivity contribution in [3.05, 3.63) is 68.5 Å². The predicted molar refractivity (Wildman–Crippen MR) is 118 cm³/mol. The van der Waals surface area contributed by atoms with Crippen LogP contribution < -0.4 is 4.74 Å². The molecule has 1 aromatic carbocycles. The van der Waals surface area contributed by atoms with E-state index in [0.29, 0.717) is 18.1 Å². The molecule has 0 saturated heterocycles. The van der Waals surface area contributed by atoms with Crippen molar-refractivity contribution < 1.29 is 4.74 Å². The van der Waals surface area contributed by atoms with Crippen LogP contribution in [0.2, 0.25) is 0 Å². The summed E-state index contributed by atoms with van der Waals surface area (Å²) in [6, 6.07) is 14.4. The van der Waals surface area contributed by atoms with E-state index in [1.807, 2.05) is 30.3 Å². The van der Waals surface area contributed by atoms with E-state index < -0.39 is 0 Å². The normalized spacial score (nSPS) is 13.3. The third-order valence-electron chi connectivity index (χ3n) is 4.74. The lowest BCUT2D eigenvalue weighted by atomic mass is 9.94. The lowest BCUT2D eigenvalue weighted by Gasteiger charge is -2.28. The van der Waals surface area contributed by atoms with Crippen molar-refractivity contribution in [2.75, 3.05) is 13.6 Å². The minimum atomic E-state index is 0. The number of nitrogens with zero attached hydrogens (tertiary/aromatic N) is 3. The van der Waals surface area contributed by atoms with Crippen LogP contribution >= 0.6 is 27.3 Å². The first-order valence-corrected chi connectivity index (χ1v) is 10.4. The number of thiophene rings is 1. The summed E-state index contributed by atoms with van der Waals surface area (Å²) in [5, 5.41) is 11.9. The van der Waals surface area contributed by atoms with Crippen molar-refractivity contribution in [1.29, 1.82) is 5.26 Å². The first kappa shape index (κ1) is 20.5. The van der Waals surface area contributed by atoms with E-state index >= 15 is 0 Å². The van der Waals surface area contributed by atoms with Crippen molar-refractivity contribution >= 4 is 27.3 Å². The number of hydrogen-bond acceptors (Lipinski definition) is 5. The Bertz CT molecular complexity index is 1010. The summed E-state index contributed by atoms with van der Waals surface area (Å²) in [5.74, 6) is 0.422. The summed E-state index contributed by atoms with van der Waals surface area (Å²) >= 11 is 5.22. The number of ether oxygens (including phenoxy) is 1. The molecule has 0 bridgehead atoms. The number of halogens is 1. The zero-order chi connectivity index (χ0) is 18.8. The third-order valence-corrected chi connectivity index (χ3v) is 6.39. The molecule has 0 atom stereocenters. The van der Waals surface area contributed by atoms with Crippen LogP contribution in [0.1, 0.15) is 29.7 Å². The van der Waals surface area contributed by atoms with Crippen molar-refractivity contribution in [2.45, 2.75) is 27.0 Å². The molecule has 6 heteroatoms. The van der Waals surface area contributed by atoms with E-state index in [0.717, 1.165) is 45.7 Å². The van der Waals surface area contributed by atoms with E-state index in [-0.39, 0.29) is 7.43 Å².